The second kappa shape index (κ2) is 11.3. The lowest BCUT2D eigenvalue weighted by molar-refractivity contribution is -0.231. The molecule has 1 aliphatic rings. The van der Waals surface area contributed by atoms with Crippen LogP contribution < -0.4 is 5.69 Å². The molecule has 10 nitrogen and oxygen atoms in total. The van der Waals surface area contributed by atoms with Gasteiger partial charge in [0.15, 0.2) is 6.29 Å². The zero-order valence-electron chi connectivity index (χ0n) is 22.6. The van der Waals surface area contributed by atoms with E-state index in [4.69, 9.17) is 12.2 Å². The fraction of sp³-hybridized carbons (Fsp3) is 0.391. The number of aromatic nitrogens is 3. The highest BCUT2D eigenvalue weighted by Crippen LogP contribution is 2.40. The van der Waals surface area contributed by atoms with Crippen LogP contribution in [0.5, 0.6) is 0 Å². The van der Waals surface area contributed by atoms with E-state index in [1.54, 1.807) is 0 Å². The van der Waals surface area contributed by atoms with Crippen molar-refractivity contribution in [2.45, 2.75) is 44.2 Å². The van der Waals surface area contributed by atoms with Gasteiger partial charge in [-0.3, -0.25) is 9.88 Å². The Hall–Kier alpha value is -3.08. The Morgan fingerprint density at radius 2 is 1.73 bits per heavy atom. The fourth-order valence-electron chi connectivity index (χ4n) is 4.05. The molecule has 224 valence electrons. The number of morpholine rings is 1. The highest BCUT2D eigenvalue weighted by Gasteiger charge is 2.39. The molecule has 0 saturated carbocycles. The summed E-state index contributed by atoms with van der Waals surface area (Å²) < 4.78 is 134. The molecule has 1 aromatic heterocycles. The van der Waals surface area contributed by atoms with Crippen molar-refractivity contribution >= 4 is 7.75 Å². The van der Waals surface area contributed by atoms with E-state index in [2.05, 4.69) is 5.10 Å². The zero-order chi connectivity index (χ0) is 32.1. The highest BCUT2D eigenvalue weighted by molar-refractivity contribution is 7.49. The van der Waals surface area contributed by atoms with Crippen LogP contribution in [-0.2, 0) is 32.9 Å². The van der Waals surface area contributed by atoms with E-state index in [9.17, 15) is 49.9 Å². The zero-order valence-corrected chi connectivity index (χ0v) is 21.5. The predicted molar refractivity (Wildman–Crippen MR) is 126 cm³/mol. The summed E-state index contributed by atoms with van der Waals surface area (Å²) >= 11 is 0. The Labute approximate surface area is 229 Å². The summed E-state index contributed by atoms with van der Waals surface area (Å²) in [6, 6.07) is 3.85. The summed E-state index contributed by atoms with van der Waals surface area (Å²) in [7, 11) is -5.30. The van der Waals surface area contributed by atoms with Crippen LogP contribution >= 0.6 is 7.75 Å². The largest absolute Gasteiger partial charge is 0.454 e. The van der Waals surface area contributed by atoms with Gasteiger partial charge in [-0.1, -0.05) is 12.1 Å². The Morgan fingerprint density at radius 3 is 2.24 bits per heavy atom. The van der Waals surface area contributed by atoms with E-state index in [0.717, 1.165) is 24.0 Å². The van der Waals surface area contributed by atoms with Crippen LogP contribution in [0.2, 0.25) is 0 Å². The number of rotatable bonds is 7. The van der Waals surface area contributed by atoms with Crippen molar-refractivity contribution < 1.29 is 57.3 Å². The quantitative estimate of drug-likeness (QED) is 0.264. The first-order chi connectivity index (χ1) is 19.7. The van der Waals surface area contributed by atoms with Crippen molar-refractivity contribution in [2.24, 2.45) is 0 Å². The number of nitrogens with one attached hydrogen (secondary N) is 1. The molecule has 3 aromatic rings. The molecule has 0 amide bonds. The number of alkyl halides is 6. The van der Waals surface area contributed by atoms with E-state index in [1.165, 1.54) is 12.1 Å². The van der Waals surface area contributed by atoms with Crippen molar-refractivity contribution in [3.8, 4) is 0 Å². The Balaban J connectivity index is 1.76. The molecule has 0 spiro atoms. The normalized spacial score (nSPS) is 20.9. The minimum Gasteiger partial charge on any atom is -0.349 e. The molecular weight excluding hydrogens is 592 g/mol. The third-order valence-corrected chi connectivity index (χ3v) is 6.70. The summed E-state index contributed by atoms with van der Waals surface area (Å²) in [4.78, 5) is 33.7. The molecule has 2 aromatic carbocycles. The van der Waals surface area contributed by atoms with Crippen molar-refractivity contribution in [3.63, 3.8) is 0 Å². The predicted octanol–water partition coefficient (Wildman–Crippen LogP) is 4.37. The van der Waals surface area contributed by atoms with Crippen LogP contribution in [0.4, 0.5) is 30.7 Å². The number of H-pyrrole nitrogens is 1. The number of nitrogens with zero attached hydrogens (tertiary/aromatic N) is 3. The molecule has 1 saturated heterocycles. The van der Waals surface area contributed by atoms with Gasteiger partial charge in [-0.15, -0.1) is 9.55 Å². The molecule has 0 bridgehead atoms. The molecule has 0 unspecified atom stereocenters. The van der Waals surface area contributed by atoms with Gasteiger partial charge in [0, 0.05) is 6.54 Å². The molecule has 1 aliphatic heterocycles. The molecule has 2 heterocycles. The van der Waals surface area contributed by atoms with Gasteiger partial charge >= 0.3 is 25.8 Å². The highest BCUT2D eigenvalue weighted by atomic mass is 31.2. The maximum absolute atomic E-state index is 13.7. The van der Waals surface area contributed by atoms with Crippen LogP contribution in [0.1, 0.15) is 49.9 Å². The Kier molecular flexibility index (Phi) is 7.74. The number of hydrogen-bond donors (Lipinski definition) is 3. The van der Waals surface area contributed by atoms with Crippen molar-refractivity contribution in [1.82, 2.24) is 19.4 Å². The van der Waals surface area contributed by atoms with Gasteiger partial charge in [0.1, 0.15) is 11.6 Å². The smallest absolute Gasteiger partial charge is 0.349 e. The third-order valence-electron chi connectivity index (χ3n) is 5.94. The van der Waals surface area contributed by atoms with Gasteiger partial charge in [-0.05, 0) is 48.4 Å². The van der Waals surface area contributed by atoms with Gasteiger partial charge in [0.2, 0.25) is 0 Å². The minimum absolute atomic E-state index is 0.0531. The van der Waals surface area contributed by atoms with Crippen LogP contribution in [0, 0.1) is 5.82 Å². The number of halogens is 7. The summed E-state index contributed by atoms with van der Waals surface area (Å²) in [5.74, 6) is -1.55. The molecular formula is C23H22F7N4O6P. The Morgan fingerprint density at radius 1 is 1.15 bits per heavy atom. The van der Waals surface area contributed by atoms with Gasteiger partial charge in [0.25, 0.3) is 0 Å². The van der Waals surface area contributed by atoms with Crippen LogP contribution in [0.15, 0.2) is 47.3 Å². The second-order valence-corrected chi connectivity index (χ2v) is 10.2. The molecule has 3 N–H and O–H groups in total. The second-order valence-electron chi connectivity index (χ2n) is 8.84. The van der Waals surface area contributed by atoms with E-state index in [1.807, 2.05) is 4.98 Å². The van der Waals surface area contributed by atoms with Gasteiger partial charge < -0.3 is 19.3 Å². The lowest BCUT2D eigenvalue weighted by Crippen LogP contribution is -2.46. The number of aromatic amines is 1. The van der Waals surface area contributed by atoms with E-state index >= 15 is 0 Å². The molecule has 3 atom stereocenters. The van der Waals surface area contributed by atoms with Gasteiger partial charge in [-0.25, -0.2) is 13.8 Å². The van der Waals surface area contributed by atoms with Crippen molar-refractivity contribution in [1.29, 1.82) is 0 Å². The lowest BCUT2D eigenvalue weighted by Gasteiger charge is -2.41. The third kappa shape index (κ3) is 7.23. The Bertz CT molecular complexity index is 1540. The van der Waals surface area contributed by atoms with Crippen LogP contribution in [-0.4, -0.2) is 48.7 Å². The van der Waals surface area contributed by atoms with Crippen molar-refractivity contribution in [3.05, 3.63) is 86.8 Å². The first-order valence-corrected chi connectivity index (χ1v) is 13.1. The molecule has 0 radical (unpaired) electrons. The first-order valence-electron chi connectivity index (χ1n) is 12.5. The number of benzene rings is 2. The average molecular weight is 616 g/mol. The SMILES string of the molecule is [2H]C([2H])(c1nn(P(=O)(O)O)c(=O)[nH]1)N1CCO[C@H](O[C@H](C)c2cc(C(F)(F)F)cc(C(F)(F)F)c2)[C@@H]1c1ccc(F)cc1. The molecule has 0 aliphatic carbocycles. The van der Waals surface area contributed by atoms with E-state index in [-0.39, 0.29) is 29.2 Å². The monoisotopic (exact) mass is 616 g/mol. The first kappa shape index (κ1) is 28.1. The van der Waals surface area contributed by atoms with Gasteiger partial charge in [0.05, 0.1) is 39.1 Å². The maximum atomic E-state index is 13.7. The summed E-state index contributed by atoms with van der Waals surface area (Å²) in [6.07, 6.45) is -13.4. The number of ether oxygens (including phenoxy) is 2. The molecule has 1 fully saturated rings. The van der Waals surface area contributed by atoms with Crippen LogP contribution in [0.25, 0.3) is 0 Å². The minimum atomic E-state index is -5.30. The standard InChI is InChI=1S/C23H22F7N4O6P/c1-12(14-8-15(22(25,26)27)10-16(9-14)23(28,29)30)40-20-19(13-2-4-17(24)5-3-13)33(6-7-39-20)11-18-31-21(35)34(32-18)41(36,37)38/h2-5,8-10,12,19-20H,6-7,11H2,1H3,(H,31,32,35)(H2,36,37,38)/t12-,19+,20-/m1/s1/i11D2. The summed E-state index contributed by atoms with van der Waals surface area (Å²) in [5, 5.41) is 3.38. The molecule has 41 heavy (non-hydrogen) atoms. The van der Waals surface area contributed by atoms with Crippen LogP contribution in [0.3, 0.4) is 0 Å². The maximum Gasteiger partial charge on any atom is 0.454 e. The van der Waals surface area contributed by atoms with E-state index < -0.39 is 79.1 Å². The topological polar surface area (TPSA) is 130 Å². The average Bonchev–Trinajstić information content (AvgIpc) is 3.31. The summed E-state index contributed by atoms with van der Waals surface area (Å²) in [5.41, 5.74) is -5.04. The summed E-state index contributed by atoms with van der Waals surface area (Å²) in [6.45, 7) is -2.31. The van der Waals surface area contributed by atoms with Gasteiger partial charge in [-0.2, -0.15) is 26.3 Å². The fourth-order valence-corrected chi connectivity index (χ4v) is 4.55. The molecule has 4 rings (SSSR count). The molecule has 18 heteroatoms. The lowest BCUT2D eigenvalue weighted by atomic mass is 10.0. The van der Waals surface area contributed by atoms with Crippen molar-refractivity contribution in [2.75, 3.05) is 13.2 Å². The number of hydrogen-bond acceptors (Lipinski definition) is 6. The van der Waals surface area contributed by atoms with E-state index in [0.29, 0.717) is 12.1 Å².